The average molecular weight is 326 g/mol. The first kappa shape index (κ1) is 16.7. The van der Waals surface area contributed by atoms with E-state index >= 15 is 0 Å². The second kappa shape index (κ2) is 6.77. The SMILES string of the molecule is Cc1ccc([C@@H](C(=O)N(C)Cc2cc(C3CC3)n[nH]2)N(C)C)cc1. The van der Waals surface area contributed by atoms with Gasteiger partial charge in [-0.2, -0.15) is 5.10 Å². The third-order valence-electron chi connectivity index (χ3n) is 4.57. The van der Waals surface area contributed by atoms with Crippen molar-refractivity contribution in [2.45, 2.75) is 38.3 Å². The summed E-state index contributed by atoms with van der Waals surface area (Å²) in [6.07, 6.45) is 2.46. The van der Waals surface area contributed by atoms with Crippen LogP contribution in [-0.4, -0.2) is 47.0 Å². The molecule has 1 amide bonds. The molecular weight excluding hydrogens is 300 g/mol. The van der Waals surface area contributed by atoms with Crippen molar-refractivity contribution in [1.29, 1.82) is 0 Å². The molecule has 1 N–H and O–H groups in total. The van der Waals surface area contributed by atoms with Crippen molar-refractivity contribution >= 4 is 5.91 Å². The van der Waals surface area contributed by atoms with Crippen LogP contribution in [0.5, 0.6) is 0 Å². The van der Waals surface area contributed by atoms with E-state index in [1.54, 1.807) is 4.90 Å². The second-order valence-electron chi connectivity index (χ2n) is 7.06. The number of aromatic nitrogens is 2. The Balaban J connectivity index is 1.72. The summed E-state index contributed by atoms with van der Waals surface area (Å²) in [4.78, 5) is 16.7. The summed E-state index contributed by atoms with van der Waals surface area (Å²) in [7, 11) is 5.74. The lowest BCUT2D eigenvalue weighted by Gasteiger charge is -2.28. The monoisotopic (exact) mass is 326 g/mol. The molecule has 2 aromatic rings. The van der Waals surface area contributed by atoms with Crippen molar-refractivity contribution in [2.24, 2.45) is 0 Å². The number of hydrogen-bond donors (Lipinski definition) is 1. The number of amides is 1. The van der Waals surface area contributed by atoms with Crippen molar-refractivity contribution in [1.82, 2.24) is 20.0 Å². The zero-order valence-corrected chi connectivity index (χ0v) is 14.9. The fourth-order valence-electron chi connectivity index (χ4n) is 3.00. The maximum atomic E-state index is 13.0. The lowest BCUT2D eigenvalue weighted by atomic mass is 10.0. The van der Waals surface area contributed by atoms with Gasteiger partial charge in [0.25, 0.3) is 0 Å². The number of likely N-dealkylation sites (N-methyl/N-ethyl adjacent to an activating group) is 2. The molecule has 5 nitrogen and oxygen atoms in total. The standard InChI is InChI=1S/C19H26N4O/c1-13-5-7-15(8-6-13)18(22(2)3)19(24)23(4)12-16-11-17(21-20-16)14-9-10-14/h5-8,11,14,18H,9-10,12H2,1-4H3,(H,20,21)/t18-/m0/s1. The minimum atomic E-state index is -0.276. The van der Waals surface area contributed by atoms with Crippen molar-refractivity contribution in [3.05, 3.63) is 52.8 Å². The van der Waals surface area contributed by atoms with Crippen molar-refractivity contribution in [3.63, 3.8) is 0 Å². The van der Waals surface area contributed by atoms with Gasteiger partial charge in [0.1, 0.15) is 6.04 Å². The molecule has 1 aliphatic carbocycles. The van der Waals surface area contributed by atoms with E-state index in [0.29, 0.717) is 12.5 Å². The highest BCUT2D eigenvalue weighted by molar-refractivity contribution is 5.83. The van der Waals surface area contributed by atoms with Gasteiger partial charge in [-0.15, -0.1) is 0 Å². The Morgan fingerprint density at radius 2 is 1.92 bits per heavy atom. The van der Waals surface area contributed by atoms with Gasteiger partial charge in [-0.25, -0.2) is 0 Å². The quantitative estimate of drug-likeness (QED) is 0.888. The summed E-state index contributed by atoms with van der Waals surface area (Å²) in [5, 5.41) is 7.44. The highest BCUT2D eigenvalue weighted by atomic mass is 16.2. The molecule has 0 bridgehead atoms. The van der Waals surface area contributed by atoms with E-state index in [1.807, 2.05) is 38.2 Å². The summed E-state index contributed by atoms with van der Waals surface area (Å²) < 4.78 is 0. The van der Waals surface area contributed by atoms with E-state index < -0.39 is 0 Å². The number of rotatable bonds is 6. The van der Waals surface area contributed by atoms with Crippen LogP contribution in [0.3, 0.4) is 0 Å². The summed E-state index contributed by atoms with van der Waals surface area (Å²) in [6.45, 7) is 2.60. The van der Waals surface area contributed by atoms with E-state index in [1.165, 1.54) is 18.4 Å². The molecule has 0 unspecified atom stereocenters. The molecule has 0 radical (unpaired) electrons. The Hall–Kier alpha value is -2.14. The summed E-state index contributed by atoms with van der Waals surface area (Å²) in [6, 6.07) is 9.99. The number of nitrogens with zero attached hydrogens (tertiary/aromatic N) is 3. The molecule has 0 saturated heterocycles. The molecule has 1 saturated carbocycles. The maximum absolute atomic E-state index is 13.0. The fraction of sp³-hybridized carbons (Fsp3) is 0.474. The van der Waals surface area contributed by atoms with Crippen LogP contribution >= 0.6 is 0 Å². The van der Waals surface area contributed by atoms with Crippen molar-refractivity contribution in [2.75, 3.05) is 21.1 Å². The molecule has 24 heavy (non-hydrogen) atoms. The topological polar surface area (TPSA) is 52.2 Å². The van der Waals surface area contributed by atoms with Crippen LogP contribution in [-0.2, 0) is 11.3 Å². The number of hydrogen-bond acceptors (Lipinski definition) is 3. The fourth-order valence-corrected chi connectivity index (χ4v) is 3.00. The smallest absolute Gasteiger partial charge is 0.244 e. The minimum Gasteiger partial charge on any atom is -0.338 e. The Bertz CT molecular complexity index is 700. The predicted molar refractivity (Wildman–Crippen MR) is 94.6 cm³/mol. The molecule has 1 aromatic carbocycles. The molecule has 0 spiro atoms. The zero-order valence-electron chi connectivity index (χ0n) is 14.9. The van der Waals surface area contributed by atoms with Crippen LogP contribution in [0, 0.1) is 6.92 Å². The summed E-state index contributed by atoms with van der Waals surface area (Å²) in [5.74, 6) is 0.713. The van der Waals surface area contributed by atoms with E-state index in [-0.39, 0.29) is 11.9 Å². The molecule has 1 aromatic heterocycles. The molecule has 5 heteroatoms. The van der Waals surface area contributed by atoms with Crippen LogP contribution in [0.2, 0.25) is 0 Å². The maximum Gasteiger partial charge on any atom is 0.244 e. The van der Waals surface area contributed by atoms with Crippen LogP contribution < -0.4 is 0 Å². The molecular formula is C19H26N4O. The highest BCUT2D eigenvalue weighted by Crippen LogP contribution is 2.39. The Morgan fingerprint density at radius 3 is 2.50 bits per heavy atom. The van der Waals surface area contributed by atoms with Gasteiger partial charge in [0.05, 0.1) is 17.9 Å². The first-order valence-corrected chi connectivity index (χ1v) is 8.48. The number of aromatic amines is 1. The van der Waals surface area contributed by atoms with E-state index in [4.69, 9.17) is 0 Å². The largest absolute Gasteiger partial charge is 0.338 e. The third kappa shape index (κ3) is 3.67. The minimum absolute atomic E-state index is 0.0893. The number of benzene rings is 1. The number of nitrogens with one attached hydrogen (secondary N) is 1. The summed E-state index contributed by atoms with van der Waals surface area (Å²) in [5.41, 5.74) is 4.34. The van der Waals surface area contributed by atoms with E-state index in [0.717, 1.165) is 17.0 Å². The Kier molecular flexibility index (Phi) is 4.71. The average Bonchev–Trinajstić information content (AvgIpc) is 3.29. The van der Waals surface area contributed by atoms with Crippen LogP contribution in [0.25, 0.3) is 0 Å². The van der Waals surface area contributed by atoms with E-state index in [2.05, 4.69) is 35.3 Å². The highest BCUT2D eigenvalue weighted by Gasteiger charge is 2.28. The lowest BCUT2D eigenvalue weighted by Crippen LogP contribution is -2.38. The normalized spacial score (nSPS) is 15.5. The van der Waals surface area contributed by atoms with Gasteiger partial charge < -0.3 is 4.90 Å². The number of carbonyl (C=O) groups excluding carboxylic acids is 1. The number of aryl methyl sites for hydroxylation is 1. The molecule has 0 aliphatic heterocycles. The number of H-pyrrole nitrogens is 1. The van der Waals surface area contributed by atoms with Gasteiger partial charge >= 0.3 is 0 Å². The van der Waals surface area contributed by atoms with Gasteiger partial charge in [0, 0.05) is 13.0 Å². The van der Waals surface area contributed by atoms with Gasteiger partial charge in [-0.1, -0.05) is 29.8 Å². The van der Waals surface area contributed by atoms with E-state index in [9.17, 15) is 4.79 Å². The zero-order chi connectivity index (χ0) is 17.3. The lowest BCUT2D eigenvalue weighted by molar-refractivity contribution is -0.135. The first-order valence-electron chi connectivity index (χ1n) is 8.48. The Morgan fingerprint density at radius 1 is 1.25 bits per heavy atom. The second-order valence-corrected chi connectivity index (χ2v) is 7.06. The van der Waals surface area contributed by atoms with Crippen molar-refractivity contribution in [3.8, 4) is 0 Å². The van der Waals surface area contributed by atoms with Gasteiger partial charge in [0.2, 0.25) is 5.91 Å². The molecule has 1 heterocycles. The van der Waals surface area contributed by atoms with Crippen molar-refractivity contribution < 1.29 is 4.79 Å². The summed E-state index contributed by atoms with van der Waals surface area (Å²) >= 11 is 0. The molecule has 1 aliphatic rings. The van der Waals surface area contributed by atoms with Gasteiger partial charge in [-0.05, 0) is 45.5 Å². The van der Waals surface area contributed by atoms with Crippen LogP contribution in [0.4, 0.5) is 0 Å². The van der Waals surface area contributed by atoms with Gasteiger partial charge in [0.15, 0.2) is 0 Å². The molecule has 1 atom stereocenters. The van der Waals surface area contributed by atoms with Crippen LogP contribution in [0.15, 0.2) is 30.3 Å². The Labute approximate surface area is 143 Å². The van der Waals surface area contributed by atoms with Gasteiger partial charge in [-0.3, -0.25) is 14.8 Å². The predicted octanol–water partition coefficient (Wildman–Crippen LogP) is 2.86. The number of carbonyl (C=O) groups is 1. The molecule has 128 valence electrons. The first-order chi connectivity index (χ1) is 11.5. The van der Waals surface area contributed by atoms with Crippen LogP contribution in [0.1, 0.15) is 47.3 Å². The molecule has 3 rings (SSSR count). The molecule has 1 fully saturated rings. The third-order valence-corrected chi connectivity index (χ3v) is 4.57.